The van der Waals surface area contributed by atoms with E-state index in [2.05, 4.69) is 4.98 Å². The highest BCUT2D eigenvalue weighted by Gasteiger charge is 2.23. The first-order chi connectivity index (χ1) is 8.62. The third kappa shape index (κ3) is 3.12. The highest BCUT2D eigenvalue weighted by Crippen LogP contribution is 2.26. The zero-order valence-corrected chi connectivity index (χ0v) is 11.4. The van der Waals surface area contributed by atoms with Crippen molar-refractivity contribution in [2.75, 3.05) is 6.26 Å². The lowest BCUT2D eigenvalue weighted by Gasteiger charge is -2.23. The predicted octanol–water partition coefficient (Wildman–Crippen LogP) is 3.25. The molecule has 0 saturated heterocycles. The molecule has 2 aromatic rings. The maximum absolute atomic E-state index is 10.6. The van der Waals surface area contributed by atoms with Crippen molar-refractivity contribution in [2.45, 2.75) is 23.8 Å². The maximum atomic E-state index is 10.6. The molecule has 0 saturated carbocycles. The summed E-state index contributed by atoms with van der Waals surface area (Å²) in [7, 11) is 0. The normalized spacial score (nSPS) is 14.2. The molecule has 94 valence electrons. The predicted molar refractivity (Wildman–Crippen MR) is 75.7 cm³/mol. The van der Waals surface area contributed by atoms with Gasteiger partial charge in [-0.25, -0.2) is 0 Å². The summed E-state index contributed by atoms with van der Waals surface area (Å²) in [5, 5.41) is 10.6. The van der Waals surface area contributed by atoms with Crippen molar-refractivity contribution in [2.24, 2.45) is 0 Å². The Balaban J connectivity index is 2.19. The van der Waals surface area contributed by atoms with Crippen molar-refractivity contribution >= 4 is 11.8 Å². The molecule has 1 aromatic heterocycles. The molecule has 0 aliphatic rings. The Morgan fingerprint density at radius 3 is 2.44 bits per heavy atom. The van der Waals surface area contributed by atoms with E-state index in [1.54, 1.807) is 18.0 Å². The number of hydrogen-bond donors (Lipinski definition) is 1. The Bertz CT molecular complexity index is 494. The zero-order valence-electron chi connectivity index (χ0n) is 10.6. The fourth-order valence-corrected chi connectivity index (χ4v) is 2.32. The van der Waals surface area contributed by atoms with E-state index in [4.69, 9.17) is 0 Å². The SMILES string of the molecule is CSc1ccc([C@@](C)(O)Cc2ccccn2)cc1. The number of nitrogens with zero attached hydrogens (tertiary/aromatic N) is 1. The third-order valence-corrected chi connectivity index (χ3v) is 3.71. The Morgan fingerprint density at radius 2 is 1.89 bits per heavy atom. The summed E-state index contributed by atoms with van der Waals surface area (Å²) >= 11 is 1.70. The van der Waals surface area contributed by atoms with E-state index in [0.717, 1.165) is 11.3 Å². The van der Waals surface area contributed by atoms with Crippen LogP contribution in [0, 0.1) is 0 Å². The van der Waals surface area contributed by atoms with Crippen LogP contribution in [0.4, 0.5) is 0 Å². The number of thioether (sulfide) groups is 1. The lowest BCUT2D eigenvalue weighted by molar-refractivity contribution is 0.0565. The lowest BCUT2D eigenvalue weighted by Crippen LogP contribution is -2.24. The quantitative estimate of drug-likeness (QED) is 0.856. The highest BCUT2D eigenvalue weighted by molar-refractivity contribution is 7.98. The lowest BCUT2D eigenvalue weighted by atomic mass is 9.91. The molecule has 1 heterocycles. The standard InChI is InChI=1S/C15H17NOS/c1-15(17,11-13-5-3-4-10-16-13)12-6-8-14(18-2)9-7-12/h3-10,17H,11H2,1-2H3/t15-/m0/s1. The van der Waals surface area contributed by atoms with Crippen LogP contribution in [0.3, 0.4) is 0 Å². The van der Waals surface area contributed by atoms with Gasteiger partial charge in [-0.2, -0.15) is 0 Å². The molecule has 2 rings (SSSR count). The topological polar surface area (TPSA) is 33.1 Å². The Kier molecular flexibility index (Phi) is 4.04. The molecular weight excluding hydrogens is 242 g/mol. The minimum Gasteiger partial charge on any atom is -0.385 e. The first-order valence-electron chi connectivity index (χ1n) is 5.88. The molecule has 1 atom stereocenters. The van der Waals surface area contributed by atoms with Gasteiger partial charge in [0.25, 0.3) is 0 Å². The average Bonchev–Trinajstić information content (AvgIpc) is 2.39. The molecule has 0 bridgehead atoms. The number of aromatic nitrogens is 1. The summed E-state index contributed by atoms with van der Waals surface area (Å²) < 4.78 is 0. The van der Waals surface area contributed by atoms with E-state index in [1.165, 1.54) is 4.90 Å². The van der Waals surface area contributed by atoms with Crippen LogP contribution in [-0.2, 0) is 12.0 Å². The molecule has 0 aliphatic heterocycles. The molecule has 0 aliphatic carbocycles. The number of benzene rings is 1. The van der Waals surface area contributed by atoms with Crippen LogP contribution in [0.5, 0.6) is 0 Å². The Hall–Kier alpha value is -1.32. The summed E-state index contributed by atoms with van der Waals surface area (Å²) in [6.07, 6.45) is 4.32. The summed E-state index contributed by atoms with van der Waals surface area (Å²) in [4.78, 5) is 5.46. The monoisotopic (exact) mass is 259 g/mol. The Labute approximate surface area is 112 Å². The fraction of sp³-hybridized carbons (Fsp3) is 0.267. The van der Waals surface area contributed by atoms with Gasteiger partial charge >= 0.3 is 0 Å². The van der Waals surface area contributed by atoms with E-state index in [0.29, 0.717) is 6.42 Å². The van der Waals surface area contributed by atoms with E-state index in [9.17, 15) is 5.11 Å². The number of pyridine rings is 1. The van der Waals surface area contributed by atoms with Crippen molar-refractivity contribution in [3.63, 3.8) is 0 Å². The van der Waals surface area contributed by atoms with Crippen molar-refractivity contribution in [1.29, 1.82) is 0 Å². The van der Waals surface area contributed by atoms with Crippen molar-refractivity contribution < 1.29 is 5.11 Å². The molecular formula is C15H17NOS. The van der Waals surface area contributed by atoms with Crippen LogP contribution in [0.2, 0.25) is 0 Å². The van der Waals surface area contributed by atoms with Gasteiger partial charge in [0.2, 0.25) is 0 Å². The van der Waals surface area contributed by atoms with Gasteiger partial charge in [0.15, 0.2) is 0 Å². The molecule has 0 amide bonds. The van der Waals surface area contributed by atoms with E-state index < -0.39 is 5.60 Å². The summed E-state index contributed by atoms with van der Waals surface area (Å²) in [6.45, 7) is 1.83. The fourth-order valence-electron chi connectivity index (χ4n) is 1.91. The van der Waals surface area contributed by atoms with E-state index in [1.807, 2.05) is 55.6 Å². The van der Waals surface area contributed by atoms with Gasteiger partial charge < -0.3 is 5.11 Å². The van der Waals surface area contributed by atoms with Crippen molar-refractivity contribution in [3.8, 4) is 0 Å². The highest BCUT2D eigenvalue weighted by atomic mass is 32.2. The van der Waals surface area contributed by atoms with E-state index >= 15 is 0 Å². The molecule has 1 N–H and O–H groups in total. The molecule has 1 aromatic carbocycles. The number of hydrogen-bond acceptors (Lipinski definition) is 3. The molecule has 2 nitrogen and oxygen atoms in total. The molecule has 0 unspecified atom stereocenters. The van der Waals surface area contributed by atoms with Crippen LogP contribution in [-0.4, -0.2) is 16.3 Å². The van der Waals surface area contributed by atoms with Crippen LogP contribution in [0.25, 0.3) is 0 Å². The van der Waals surface area contributed by atoms with Crippen LogP contribution in [0.1, 0.15) is 18.2 Å². The van der Waals surface area contributed by atoms with Crippen molar-refractivity contribution in [3.05, 3.63) is 59.9 Å². The van der Waals surface area contributed by atoms with Crippen LogP contribution in [0.15, 0.2) is 53.6 Å². The second kappa shape index (κ2) is 5.55. The average molecular weight is 259 g/mol. The summed E-state index contributed by atoms with van der Waals surface area (Å²) in [5.74, 6) is 0. The molecule has 0 fully saturated rings. The van der Waals surface area contributed by atoms with Gasteiger partial charge in [-0.05, 0) is 43.0 Å². The van der Waals surface area contributed by atoms with Gasteiger partial charge in [0, 0.05) is 23.2 Å². The second-order valence-corrected chi connectivity index (χ2v) is 5.38. The minimum absolute atomic E-state index is 0.520. The summed E-state index contributed by atoms with van der Waals surface area (Å²) in [6, 6.07) is 13.8. The largest absolute Gasteiger partial charge is 0.385 e. The number of aliphatic hydroxyl groups is 1. The molecule has 0 radical (unpaired) electrons. The first kappa shape index (κ1) is 13.1. The minimum atomic E-state index is -0.884. The summed E-state index contributed by atoms with van der Waals surface area (Å²) in [5.41, 5.74) is 0.938. The molecule has 0 spiro atoms. The van der Waals surface area contributed by atoms with Gasteiger partial charge in [-0.3, -0.25) is 4.98 Å². The number of rotatable bonds is 4. The molecule has 3 heteroatoms. The Morgan fingerprint density at radius 1 is 1.17 bits per heavy atom. The van der Waals surface area contributed by atoms with Crippen LogP contribution < -0.4 is 0 Å². The molecule has 18 heavy (non-hydrogen) atoms. The zero-order chi connectivity index (χ0) is 13.0. The third-order valence-electron chi connectivity index (χ3n) is 2.96. The van der Waals surface area contributed by atoms with Gasteiger partial charge in [0.1, 0.15) is 0 Å². The van der Waals surface area contributed by atoms with Crippen LogP contribution >= 0.6 is 11.8 Å². The smallest absolute Gasteiger partial charge is 0.0923 e. The maximum Gasteiger partial charge on any atom is 0.0923 e. The van der Waals surface area contributed by atoms with Crippen molar-refractivity contribution in [1.82, 2.24) is 4.98 Å². The van der Waals surface area contributed by atoms with Gasteiger partial charge in [-0.1, -0.05) is 18.2 Å². The van der Waals surface area contributed by atoms with Gasteiger partial charge in [0.05, 0.1) is 5.60 Å². The van der Waals surface area contributed by atoms with Gasteiger partial charge in [-0.15, -0.1) is 11.8 Å². The van der Waals surface area contributed by atoms with E-state index in [-0.39, 0.29) is 0 Å². The first-order valence-corrected chi connectivity index (χ1v) is 7.11. The second-order valence-electron chi connectivity index (χ2n) is 4.50.